The average Bonchev–Trinajstić information content (AvgIpc) is 2.84. The van der Waals surface area contributed by atoms with Gasteiger partial charge in [-0.2, -0.15) is 0 Å². The van der Waals surface area contributed by atoms with Gasteiger partial charge >= 0.3 is 5.97 Å². The van der Waals surface area contributed by atoms with Crippen LogP contribution < -0.4 is 10.6 Å². The first-order valence-electron chi connectivity index (χ1n) is 8.18. The van der Waals surface area contributed by atoms with Crippen LogP contribution in [0.3, 0.4) is 0 Å². The Hall–Kier alpha value is -2.74. The molecule has 1 aromatic carbocycles. The lowest BCUT2D eigenvalue weighted by molar-refractivity contribution is -0.139. The molecule has 0 radical (unpaired) electrons. The Morgan fingerprint density at radius 2 is 1.96 bits per heavy atom. The van der Waals surface area contributed by atoms with Crippen molar-refractivity contribution in [2.75, 3.05) is 13.7 Å². The van der Waals surface area contributed by atoms with Crippen LogP contribution in [-0.4, -0.2) is 48.1 Å². The molecule has 8 nitrogen and oxygen atoms in total. The van der Waals surface area contributed by atoms with E-state index in [1.165, 1.54) is 7.11 Å². The summed E-state index contributed by atoms with van der Waals surface area (Å²) in [7, 11) is 1.44. The third-order valence-electron chi connectivity index (χ3n) is 4.18. The Kier molecular flexibility index (Phi) is 6.10. The zero-order valence-corrected chi connectivity index (χ0v) is 14.7. The van der Waals surface area contributed by atoms with Crippen molar-refractivity contribution in [3.05, 3.63) is 35.4 Å². The van der Waals surface area contributed by atoms with Crippen LogP contribution in [-0.2, 0) is 25.5 Å². The maximum atomic E-state index is 12.4. The van der Waals surface area contributed by atoms with E-state index in [-0.39, 0.29) is 37.2 Å². The summed E-state index contributed by atoms with van der Waals surface area (Å²) >= 11 is 0. The molecule has 2 atom stereocenters. The third-order valence-corrected chi connectivity index (χ3v) is 4.18. The van der Waals surface area contributed by atoms with Crippen LogP contribution in [0, 0.1) is 5.92 Å². The molecule has 3 amide bonds. The number of amides is 3. The second-order valence-electron chi connectivity index (χ2n) is 6.73. The van der Waals surface area contributed by atoms with Crippen LogP contribution in [0.1, 0.15) is 35.7 Å². The first-order valence-corrected chi connectivity index (χ1v) is 8.18. The molecule has 2 rings (SSSR count). The molecule has 1 heterocycles. The number of carboxylic acids is 1. The Bertz CT molecular complexity index is 715. The first kappa shape index (κ1) is 19.6. The molecule has 8 heteroatoms. The Morgan fingerprint density at radius 1 is 1.31 bits per heavy atom. The fourth-order valence-corrected chi connectivity index (χ4v) is 2.98. The fourth-order valence-electron chi connectivity index (χ4n) is 2.98. The number of rotatable bonds is 8. The number of carbonyl (C=O) groups excluding carboxylic acids is 3. The predicted octanol–water partition coefficient (Wildman–Crippen LogP) is 0.501. The molecular formula is C18H22N2O6. The van der Waals surface area contributed by atoms with Crippen molar-refractivity contribution in [3.8, 4) is 0 Å². The number of imide groups is 1. The SMILES string of the molecule is COCC(C)(CC(=O)O)NC(=O)c1ccc(CC2CC(=O)NC2=O)cc1. The minimum atomic E-state index is -1.04. The van der Waals surface area contributed by atoms with Gasteiger partial charge in [-0.05, 0) is 31.0 Å². The van der Waals surface area contributed by atoms with Gasteiger partial charge in [-0.1, -0.05) is 12.1 Å². The van der Waals surface area contributed by atoms with Crippen molar-refractivity contribution in [1.82, 2.24) is 10.6 Å². The van der Waals surface area contributed by atoms with E-state index in [0.717, 1.165) is 5.56 Å². The van der Waals surface area contributed by atoms with E-state index >= 15 is 0 Å². The number of aliphatic carboxylic acids is 1. The first-order chi connectivity index (χ1) is 12.2. The molecule has 0 aliphatic carbocycles. The van der Waals surface area contributed by atoms with Gasteiger partial charge in [-0.25, -0.2) is 0 Å². The van der Waals surface area contributed by atoms with Crippen molar-refractivity contribution in [2.24, 2.45) is 5.92 Å². The van der Waals surface area contributed by atoms with Crippen molar-refractivity contribution in [2.45, 2.75) is 31.7 Å². The molecule has 1 aliphatic heterocycles. The van der Waals surface area contributed by atoms with Crippen molar-refractivity contribution in [1.29, 1.82) is 0 Å². The number of hydrogen-bond donors (Lipinski definition) is 3. The van der Waals surface area contributed by atoms with Gasteiger partial charge in [0, 0.05) is 19.1 Å². The highest BCUT2D eigenvalue weighted by Crippen LogP contribution is 2.18. The second kappa shape index (κ2) is 8.09. The topological polar surface area (TPSA) is 122 Å². The summed E-state index contributed by atoms with van der Waals surface area (Å²) in [6, 6.07) is 6.65. The Morgan fingerprint density at radius 3 is 2.46 bits per heavy atom. The number of carbonyl (C=O) groups is 4. The minimum Gasteiger partial charge on any atom is -0.481 e. The number of ether oxygens (including phenoxy) is 1. The molecule has 140 valence electrons. The van der Waals surface area contributed by atoms with Crippen LogP contribution in [0.15, 0.2) is 24.3 Å². The molecule has 26 heavy (non-hydrogen) atoms. The van der Waals surface area contributed by atoms with E-state index < -0.39 is 17.4 Å². The van der Waals surface area contributed by atoms with E-state index in [4.69, 9.17) is 9.84 Å². The predicted molar refractivity (Wildman–Crippen MR) is 91.4 cm³/mol. The van der Waals surface area contributed by atoms with Crippen LogP contribution in [0.4, 0.5) is 0 Å². The third kappa shape index (κ3) is 5.13. The quantitative estimate of drug-likeness (QED) is 0.579. The molecule has 0 spiro atoms. The van der Waals surface area contributed by atoms with Crippen LogP contribution in [0.2, 0.25) is 0 Å². The van der Waals surface area contributed by atoms with Gasteiger partial charge in [0.2, 0.25) is 11.8 Å². The second-order valence-corrected chi connectivity index (χ2v) is 6.73. The van der Waals surface area contributed by atoms with E-state index in [9.17, 15) is 19.2 Å². The summed E-state index contributed by atoms with van der Waals surface area (Å²) in [5.74, 6) is -2.38. The molecule has 1 aliphatic rings. The van der Waals surface area contributed by atoms with Crippen molar-refractivity contribution < 1.29 is 29.0 Å². The molecule has 3 N–H and O–H groups in total. The largest absolute Gasteiger partial charge is 0.481 e. The fraction of sp³-hybridized carbons (Fsp3) is 0.444. The lowest BCUT2D eigenvalue weighted by Crippen LogP contribution is -2.50. The summed E-state index contributed by atoms with van der Waals surface area (Å²) in [4.78, 5) is 46.2. The maximum Gasteiger partial charge on any atom is 0.305 e. The number of hydrogen-bond acceptors (Lipinski definition) is 5. The molecule has 1 saturated heterocycles. The Balaban J connectivity index is 2.02. The van der Waals surface area contributed by atoms with E-state index in [2.05, 4.69) is 10.6 Å². The van der Waals surface area contributed by atoms with Gasteiger partial charge in [-0.3, -0.25) is 24.5 Å². The highest BCUT2D eigenvalue weighted by molar-refractivity contribution is 6.03. The summed E-state index contributed by atoms with van der Waals surface area (Å²) in [5, 5.41) is 14.0. The molecule has 1 fully saturated rings. The molecule has 1 aromatic rings. The summed E-state index contributed by atoms with van der Waals surface area (Å²) in [6.45, 7) is 1.67. The molecule has 0 aromatic heterocycles. The highest BCUT2D eigenvalue weighted by atomic mass is 16.5. The van der Waals surface area contributed by atoms with Gasteiger partial charge in [0.05, 0.1) is 24.5 Å². The van der Waals surface area contributed by atoms with Gasteiger partial charge in [0.25, 0.3) is 5.91 Å². The summed E-state index contributed by atoms with van der Waals surface area (Å²) < 4.78 is 5.01. The monoisotopic (exact) mass is 362 g/mol. The van der Waals surface area contributed by atoms with Gasteiger partial charge in [-0.15, -0.1) is 0 Å². The van der Waals surface area contributed by atoms with Gasteiger partial charge in [0.1, 0.15) is 0 Å². The smallest absolute Gasteiger partial charge is 0.305 e. The molecular weight excluding hydrogens is 340 g/mol. The number of nitrogens with one attached hydrogen (secondary N) is 2. The van der Waals surface area contributed by atoms with E-state index in [0.29, 0.717) is 12.0 Å². The molecule has 0 saturated carbocycles. The number of methoxy groups -OCH3 is 1. The minimum absolute atomic E-state index is 0.0634. The normalized spacial score (nSPS) is 18.9. The Labute approximate surface area is 150 Å². The standard InChI is InChI=1S/C18H22N2O6/c1-18(10-26-2,9-15(22)23)20-17(25)12-5-3-11(4-6-12)7-13-8-14(21)19-16(13)24/h3-6,13H,7-10H2,1-2H3,(H,20,25)(H,22,23)(H,19,21,24). The highest BCUT2D eigenvalue weighted by Gasteiger charge is 2.31. The van der Waals surface area contributed by atoms with Crippen LogP contribution in [0.25, 0.3) is 0 Å². The van der Waals surface area contributed by atoms with Crippen molar-refractivity contribution in [3.63, 3.8) is 0 Å². The van der Waals surface area contributed by atoms with Crippen LogP contribution in [0.5, 0.6) is 0 Å². The molecule has 2 unspecified atom stereocenters. The van der Waals surface area contributed by atoms with Gasteiger partial charge in [0.15, 0.2) is 0 Å². The average molecular weight is 362 g/mol. The zero-order valence-electron chi connectivity index (χ0n) is 14.7. The number of carboxylic acid groups (broad SMARTS) is 1. The van der Waals surface area contributed by atoms with E-state index in [1.54, 1.807) is 31.2 Å². The lowest BCUT2D eigenvalue weighted by Gasteiger charge is -2.28. The van der Waals surface area contributed by atoms with Gasteiger partial charge < -0.3 is 15.2 Å². The number of benzene rings is 1. The van der Waals surface area contributed by atoms with Crippen LogP contribution >= 0.6 is 0 Å². The zero-order chi connectivity index (χ0) is 19.3. The van der Waals surface area contributed by atoms with E-state index in [1.807, 2.05) is 0 Å². The maximum absolute atomic E-state index is 12.4. The molecule has 0 bridgehead atoms. The summed E-state index contributed by atoms with van der Waals surface area (Å²) in [6.07, 6.45) is 0.320. The lowest BCUT2D eigenvalue weighted by atomic mass is 9.96. The van der Waals surface area contributed by atoms with Crippen molar-refractivity contribution >= 4 is 23.7 Å². The summed E-state index contributed by atoms with van der Waals surface area (Å²) in [5.41, 5.74) is 0.175.